The van der Waals surface area contributed by atoms with Crippen molar-refractivity contribution in [3.05, 3.63) is 42.0 Å². The van der Waals surface area contributed by atoms with Crippen molar-refractivity contribution < 1.29 is 4.79 Å². The van der Waals surface area contributed by atoms with Crippen molar-refractivity contribution in [3.63, 3.8) is 0 Å². The van der Waals surface area contributed by atoms with Crippen LogP contribution < -0.4 is 5.43 Å². The van der Waals surface area contributed by atoms with Gasteiger partial charge in [-0.25, -0.2) is 5.01 Å². The molecule has 2 aliphatic heterocycles. The number of nitrogens with zero attached hydrogens (tertiary/aromatic N) is 2. The molecule has 0 aromatic heterocycles. The Hall–Kier alpha value is -1.65. The van der Waals surface area contributed by atoms with E-state index in [1.165, 1.54) is 18.4 Å². The Morgan fingerprint density at radius 2 is 1.91 bits per heavy atom. The zero-order chi connectivity index (χ0) is 15.4. The highest BCUT2D eigenvalue weighted by Gasteiger charge is 2.40. The second-order valence-corrected chi connectivity index (χ2v) is 6.21. The first kappa shape index (κ1) is 15.3. The fourth-order valence-electron chi connectivity index (χ4n) is 3.45. The zero-order valence-corrected chi connectivity index (χ0v) is 13.2. The number of benzene rings is 1. The number of likely N-dealkylation sites (tertiary alicyclic amines) is 1. The fourth-order valence-corrected chi connectivity index (χ4v) is 3.45. The Morgan fingerprint density at radius 1 is 1.23 bits per heavy atom. The molecule has 22 heavy (non-hydrogen) atoms. The molecule has 0 saturated carbocycles. The molecular formula is C18H25N3O. The highest BCUT2D eigenvalue weighted by Crippen LogP contribution is 2.28. The first-order valence-electron chi connectivity index (χ1n) is 8.28. The van der Waals surface area contributed by atoms with Crippen molar-refractivity contribution in [2.45, 2.75) is 38.3 Å². The molecular weight excluding hydrogens is 274 g/mol. The fraction of sp³-hybridized carbons (Fsp3) is 0.500. The van der Waals surface area contributed by atoms with Gasteiger partial charge in [-0.15, -0.1) is 0 Å². The molecule has 1 amide bonds. The summed E-state index contributed by atoms with van der Waals surface area (Å²) in [5.41, 5.74) is 4.33. The lowest BCUT2D eigenvalue weighted by atomic mass is 10.2. The molecule has 4 nitrogen and oxygen atoms in total. The summed E-state index contributed by atoms with van der Waals surface area (Å²) in [6, 6.07) is 11.4. The summed E-state index contributed by atoms with van der Waals surface area (Å²) < 4.78 is 0. The van der Waals surface area contributed by atoms with Gasteiger partial charge >= 0.3 is 0 Å². The van der Waals surface area contributed by atoms with E-state index in [-0.39, 0.29) is 5.91 Å². The molecule has 118 valence electrons. The summed E-state index contributed by atoms with van der Waals surface area (Å²) in [5, 5.41) is 2.21. The van der Waals surface area contributed by atoms with Gasteiger partial charge in [-0.2, -0.15) is 0 Å². The predicted molar refractivity (Wildman–Crippen MR) is 89.0 cm³/mol. The molecule has 2 saturated heterocycles. The second-order valence-electron chi connectivity index (χ2n) is 6.21. The molecule has 0 radical (unpaired) electrons. The van der Waals surface area contributed by atoms with E-state index in [9.17, 15) is 4.79 Å². The van der Waals surface area contributed by atoms with Crippen LogP contribution in [0.5, 0.6) is 0 Å². The number of hydrogen-bond donors (Lipinski definition) is 1. The van der Waals surface area contributed by atoms with Gasteiger partial charge in [0.1, 0.15) is 0 Å². The van der Waals surface area contributed by atoms with Crippen LogP contribution in [-0.2, 0) is 4.79 Å². The Morgan fingerprint density at radius 3 is 2.55 bits per heavy atom. The lowest BCUT2D eigenvalue weighted by molar-refractivity contribution is -0.128. The molecule has 1 aromatic rings. The number of hydrazine groups is 1. The Kier molecular flexibility index (Phi) is 4.90. The number of piperazine rings is 1. The van der Waals surface area contributed by atoms with Crippen LogP contribution in [0.4, 0.5) is 0 Å². The lowest BCUT2D eigenvalue weighted by Crippen LogP contribution is -2.59. The summed E-state index contributed by atoms with van der Waals surface area (Å²) in [6.45, 7) is 4.97. The minimum absolute atomic E-state index is 0.134. The maximum atomic E-state index is 11.6. The van der Waals surface area contributed by atoms with Gasteiger partial charge in [0.05, 0.1) is 0 Å². The number of amides is 1. The first-order chi connectivity index (χ1) is 10.8. The monoisotopic (exact) mass is 299 g/mol. The van der Waals surface area contributed by atoms with Crippen molar-refractivity contribution in [1.29, 1.82) is 0 Å². The van der Waals surface area contributed by atoms with Crippen LogP contribution in [0.25, 0.3) is 6.08 Å². The lowest BCUT2D eigenvalue weighted by Gasteiger charge is -2.40. The SMILES string of the molecule is CCC(=O)NN1C2CCC1CN(C/C=C\c1ccccc1)C2. The van der Waals surface area contributed by atoms with E-state index in [4.69, 9.17) is 0 Å². The van der Waals surface area contributed by atoms with Crippen LogP contribution in [-0.4, -0.2) is 47.5 Å². The summed E-state index contributed by atoms with van der Waals surface area (Å²) in [4.78, 5) is 14.1. The third-order valence-electron chi connectivity index (χ3n) is 4.61. The van der Waals surface area contributed by atoms with Gasteiger partial charge in [-0.05, 0) is 18.4 Å². The second kappa shape index (κ2) is 7.07. The standard InChI is InChI=1S/C18H25N3O/c1-2-18(22)19-21-16-10-11-17(21)14-20(13-16)12-6-9-15-7-4-3-5-8-15/h3-9,16-17H,2,10-14H2,1H3,(H,19,22)/b9-6-. The van der Waals surface area contributed by atoms with Crippen molar-refractivity contribution >= 4 is 12.0 Å². The molecule has 2 aliphatic rings. The van der Waals surface area contributed by atoms with E-state index >= 15 is 0 Å². The van der Waals surface area contributed by atoms with Gasteiger partial charge in [-0.3, -0.25) is 15.1 Å². The Bertz CT molecular complexity index is 514. The first-order valence-corrected chi connectivity index (χ1v) is 8.28. The van der Waals surface area contributed by atoms with Crippen LogP contribution >= 0.6 is 0 Å². The average Bonchev–Trinajstić information content (AvgIpc) is 2.78. The number of fused-ring (bicyclic) bond motifs is 2. The molecule has 1 N–H and O–H groups in total. The maximum Gasteiger partial charge on any atom is 0.234 e. The van der Waals surface area contributed by atoms with Gasteiger partial charge in [0.2, 0.25) is 5.91 Å². The topological polar surface area (TPSA) is 35.6 Å². The normalized spacial score (nSPS) is 25.7. The highest BCUT2D eigenvalue weighted by molar-refractivity contribution is 5.75. The molecule has 4 heteroatoms. The van der Waals surface area contributed by atoms with Crippen LogP contribution in [0.15, 0.2) is 36.4 Å². The zero-order valence-electron chi connectivity index (χ0n) is 13.2. The van der Waals surface area contributed by atoms with E-state index in [0.29, 0.717) is 18.5 Å². The number of rotatable bonds is 5. The molecule has 0 spiro atoms. The summed E-state index contributed by atoms with van der Waals surface area (Å²) in [7, 11) is 0. The van der Waals surface area contributed by atoms with Crippen molar-refractivity contribution in [3.8, 4) is 0 Å². The van der Waals surface area contributed by atoms with Crippen LogP contribution in [0, 0.1) is 0 Å². The van der Waals surface area contributed by atoms with Gasteiger partial charge in [-0.1, -0.05) is 49.4 Å². The minimum atomic E-state index is 0.134. The van der Waals surface area contributed by atoms with E-state index in [1.54, 1.807) is 0 Å². The number of nitrogens with one attached hydrogen (secondary N) is 1. The maximum absolute atomic E-state index is 11.6. The van der Waals surface area contributed by atoms with Crippen LogP contribution in [0.2, 0.25) is 0 Å². The predicted octanol–water partition coefficient (Wildman–Crippen LogP) is 2.29. The van der Waals surface area contributed by atoms with Gasteiger partial charge in [0.25, 0.3) is 0 Å². The largest absolute Gasteiger partial charge is 0.296 e. The minimum Gasteiger partial charge on any atom is -0.296 e. The Balaban J connectivity index is 1.52. The molecule has 2 bridgehead atoms. The quantitative estimate of drug-likeness (QED) is 0.906. The number of hydrogen-bond acceptors (Lipinski definition) is 3. The molecule has 0 aliphatic carbocycles. The molecule has 1 aromatic carbocycles. The number of carbonyl (C=O) groups is 1. The van der Waals surface area contributed by atoms with Crippen molar-refractivity contribution in [1.82, 2.24) is 15.3 Å². The molecule has 2 heterocycles. The molecule has 2 atom stereocenters. The van der Waals surface area contributed by atoms with Crippen LogP contribution in [0.1, 0.15) is 31.7 Å². The smallest absolute Gasteiger partial charge is 0.234 e. The highest BCUT2D eigenvalue weighted by atomic mass is 16.2. The number of carbonyl (C=O) groups excluding carboxylic acids is 1. The van der Waals surface area contributed by atoms with E-state index < -0.39 is 0 Å². The van der Waals surface area contributed by atoms with E-state index in [0.717, 1.165) is 19.6 Å². The summed E-state index contributed by atoms with van der Waals surface area (Å²) in [5.74, 6) is 0.134. The van der Waals surface area contributed by atoms with Crippen molar-refractivity contribution in [2.24, 2.45) is 0 Å². The Labute approximate surface area is 132 Å². The van der Waals surface area contributed by atoms with E-state index in [2.05, 4.69) is 51.8 Å². The van der Waals surface area contributed by atoms with Gasteiger partial charge in [0.15, 0.2) is 0 Å². The van der Waals surface area contributed by atoms with Gasteiger partial charge < -0.3 is 0 Å². The molecule has 3 rings (SSSR count). The van der Waals surface area contributed by atoms with Crippen LogP contribution in [0.3, 0.4) is 0 Å². The summed E-state index contributed by atoms with van der Waals surface area (Å²) >= 11 is 0. The molecule has 2 fully saturated rings. The summed E-state index contributed by atoms with van der Waals surface area (Å²) in [6.07, 6.45) is 7.36. The van der Waals surface area contributed by atoms with E-state index in [1.807, 2.05) is 13.0 Å². The molecule has 2 unspecified atom stereocenters. The van der Waals surface area contributed by atoms with Gasteiger partial charge in [0, 0.05) is 38.1 Å². The third kappa shape index (κ3) is 3.57. The average molecular weight is 299 g/mol. The third-order valence-corrected chi connectivity index (χ3v) is 4.61. The van der Waals surface area contributed by atoms with Crippen molar-refractivity contribution in [2.75, 3.05) is 19.6 Å².